The van der Waals surface area contributed by atoms with Crippen molar-refractivity contribution in [3.63, 3.8) is 0 Å². The van der Waals surface area contributed by atoms with Crippen molar-refractivity contribution in [3.05, 3.63) is 70.7 Å². The molecular formula is C22H23N5O3. The van der Waals surface area contributed by atoms with Crippen LogP contribution >= 0.6 is 0 Å². The lowest BCUT2D eigenvalue weighted by Gasteiger charge is -2.36. The Labute approximate surface area is 174 Å². The molecule has 4 rings (SSSR count). The fraction of sp³-hybridized carbons (Fsp3) is 0.273. The number of carbonyl (C=O) groups is 2. The molecule has 1 aromatic carbocycles. The van der Waals surface area contributed by atoms with Crippen LogP contribution in [0.4, 0.5) is 11.5 Å². The lowest BCUT2D eigenvalue weighted by Crippen LogP contribution is -2.45. The van der Waals surface area contributed by atoms with E-state index in [-0.39, 0.29) is 11.8 Å². The van der Waals surface area contributed by atoms with Gasteiger partial charge in [-0.05, 0) is 38.5 Å². The summed E-state index contributed by atoms with van der Waals surface area (Å²) in [5.41, 5.74) is 3.73. The number of rotatable bonds is 5. The van der Waals surface area contributed by atoms with Gasteiger partial charge in [0.1, 0.15) is 17.7 Å². The maximum atomic E-state index is 12.6. The second-order valence-electron chi connectivity index (χ2n) is 7.30. The van der Waals surface area contributed by atoms with Crippen LogP contribution in [0.25, 0.3) is 0 Å². The summed E-state index contributed by atoms with van der Waals surface area (Å²) in [6.07, 6.45) is 2.06. The van der Waals surface area contributed by atoms with Gasteiger partial charge in [-0.1, -0.05) is 23.4 Å². The van der Waals surface area contributed by atoms with Crippen molar-refractivity contribution < 1.29 is 14.1 Å². The van der Waals surface area contributed by atoms with Gasteiger partial charge in [0.05, 0.1) is 11.3 Å². The highest BCUT2D eigenvalue weighted by Gasteiger charge is 2.31. The van der Waals surface area contributed by atoms with Gasteiger partial charge in [-0.15, -0.1) is 0 Å². The number of hydrogen-bond acceptors (Lipinski definition) is 6. The quantitative estimate of drug-likeness (QED) is 0.676. The summed E-state index contributed by atoms with van der Waals surface area (Å²) < 4.78 is 5.16. The van der Waals surface area contributed by atoms with Gasteiger partial charge in [0.25, 0.3) is 5.91 Å². The summed E-state index contributed by atoms with van der Waals surface area (Å²) in [4.78, 5) is 31.4. The lowest BCUT2D eigenvalue weighted by molar-refractivity contribution is -0.116. The minimum atomic E-state index is -0.445. The average Bonchev–Trinajstić information content (AvgIpc) is 3.07. The van der Waals surface area contributed by atoms with E-state index >= 15 is 0 Å². The number of aromatic nitrogens is 2. The van der Waals surface area contributed by atoms with Crippen molar-refractivity contribution in [3.8, 4) is 0 Å². The molecule has 2 N–H and O–H groups in total. The van der Waals surface area contributed by atoms with Gasteiger partial charge in [0.15, 0.2) is 0 Å². The number of amides is 2. The molecule has 0 spiro atoms. The molecule has 1 aliphatic rings. The molecule has 3 aromatic rings. The number of nitrogens with one attached hydrogen (secondary N) is 2. The molecule has 8 heteroatoms. The molecule has 0 radical (unpaired) electrons. The molecule has 0 aliphatic carbocycles. The minimum absolute atomic E-state index is 0.120. The number of fused-ring (bicyclic) bond motifs is 1. The molecule has 30 heavy (non-hydrogen) atoms. The Morgan fingerprint density at radius 1 is 1.23 bits per heavy atom. The highest BCUT2D eigenvalue weighted by Crippen LogP contribution is 2.33. The van der Waals surface area contributed by atoms with Crippen LogP contribution in [-0.2, 0) is 11.2 Å². The van der Waals surface area contributed by atoms with Gasteiger partial charge in [-0.3, -0.25) is 9.59 Å². The number of benzene rings is 1. The summed E-state index contributed by atoms with van der Waals surface area (Å²) in [6.45, 7) is 3.71. The van der Waals surface area contributed by atoms with E-state index in [1.54, 1.807) is 18.3 Å². The molecule has 2 amide bonds. The van der Waals surface area contributed by atoms with E-state index in [1.807, 2.05) is 50.1 Å². The predicted octanol–water partition coefficient (Wildman–Crippen LogP) is 3.14. The van der Waals surface area contributed by atoms with Crippen LogP contribution in [0.5, 0.6) is 0 Å². The smallest absolute Gasteiger partial charge is 0.256 e. The first-order valence-corrected chi connectivity index (χ1v) is 9.75. The van der Waals surface area contributed by atoms with E-state index in [2.05, 4.69) is 20.8 Å². The van der Waals surface area contributed by atoms with Crippen LogP contribution in [0, 0.1) is 13.8 Å². The number of pyridine rings is 1. The zero-order chi connectivity index (χ0) is 21.3. The Morgan fingerprint density at radius 2 is 2.03 bits per heavy atom. The third-order valence-corrected chi connectivity index (χ3v) is 5.33. The first-order chi connectivity index (χ1) is 14.5. The maximum Gasteiger partial charge on any atom is 0.256 e. The number of carbonyl (C=O) groups excluding carboxylic acids is 2. The monoisotopic (exact) mass is 405 g/mol. The molecule has 154 valence electrons. The molecule has 0 saturated carbocycles. The topological polar surface area (TPSA) is 100 Å². The van der Waals surface area contributed by atoms with E-state index in [9.17, 15) is 9.59 Å². The zero-order valence-electron chi connectivity index (χ0n) is 17.1. The van der Waals surface area contributed by atoms with E-state index in [4.69, 9.17) is 4.52 Å². The average molecular weight is 405 g/mol. The molecular weight excluding hydrogens is 382 g/mol. The largest absolute Gasteiger partial charge is 0.361 e. The molecule has 2 aromatic heterocycles. The van der Waals surface area contributed by atoms with Crippen molar-refractivity contribution in [1.82, 2.24) is 15.5 Å². The van der Waals surface area contributed by atoms with Crippen molar-refractivity contribution in [2.75, 3.05) is 17.3 Å². The van der Waals surface area contributed by atoms with Crippen LogP contribution < -0.4 is 15.5 Å². The number of anilines is 2. The van der Waals surface area contributed by atoms with Crippen LogP contribution in [0.2, 0.25) is 0 Å². The van der Waals surface area contributed by atoms with E-state index in [1.165, 1.54) is 0 Å². The third kappa shape index (κ3) is 3.63. The normalized spacial score (nSPS) is 15.5. The van der Waals surface area contributed by atoms with Gasteiger partial charge < -0.3 is 20.1 Å². The highest BCUT2D eigenvalue weighted by atomic mass is 16.5. The summed E-state index contributed by atoms with van der Waals surface area (Å²) in [6, 6.07) is 10.9. The second-order valence-corrected chi connectivity index (χ2v) is 7.30. The third-order valence-electron chi connectivity index (χ3n) is 5.33. The van der Waals surface area contributed by atoms with Gasteiger partial charge in [0, 0.05) is 36.5 Å². The van der Waals surface area contributed by atoms with Crippen LogP contribution in [0.3, 0.4) is 0 Å². The molecule has 3 heterocycles. The van der Waals surface area contributed by atoms with E-state index in [0.29, 0.717) is 29.9 Å². The molecule has 0 saturated heterocycles. The summed E-state index contributed by atoms with van der Waals surface area (Å²) in [5.74, 6) is 1.02. The van der Waals surface area contributed by atoms with Crippen molar-refractivity contribution in [2.24, 2.45) is 0 Å². The van der Waals surface area contributed by atoms with Gasteiger partial charge >= 0.3 is 0 Å². The SMILES string of the molecule is Cc1noc(C)c1CCC(=O)Nc1ccccc1C1NC(=O)c2cccnc2N1C. The Balaban J connectivity index is 1.53. The Kier molecular flexibility index (Phi) is 5.22. The number of aryl methyl sites for hydroxylation is 2. The molecule has 8 nitrogen and oxygen atoms in total. The number of hydrogen-bond donors (Lipinski definition) is 2. The van der Waals surface area contributed by atoms with Gasteiger partial charge in [-0.25, -0.2) is 4.98 Å². The Morgan fingerprint density at radius 3 is 2.80 bits per heavy atom. The zero-order valence-corrected chi connectivity index (χ0v) is 17.1. The van der Waals surface area contributed by atoms with Crippen LogP contribution in [-0.4, -0.2) is 29.0 Å². The first kappa shape index (κ1) is 19.6. The van der Waals surface area contributed by atoms with Crippen LogP contribution in [0.15, 0.2) is 47.1 Å². The van der Waals surface area contributed by atoms with Gasteiger partial charge in [0.2, 0.25) is 5.91 Å². The fourth-order valence-electron chi connectivity index (χ4n) is 3.72. The molecule has 0 bridgehead atoms. The Hall–Kier alpha value is -3.68. The molecule has 0 fully saturated rings. The predicted molar refractivity (Wildman–Crippen MR) is 112 cm³/mol. The van der Waals surface area contributed by atoms with E-state index in [0.717, 1.165) is 22.6 Å². The first-order valence-electron chi connectivity index (χ1n) is 9.75. The molecule has 1 aliphatic heterocycles. The standard InChI is InChI=1S/C22H23N5O3/c1-13-15(14(2)30-26-13)10-11-19(28)24-18-9-5-4-7-16(18)21-25-22(29)17-8-6-12-23-20(17)27(21)3/h4-9,12,21H,10-11H2,1-3H3,(H,24,28)(H,25,29). The lowest BCUT2D eigenvalue weighted by atomic mass is 10.0. The fourth-order valence-corrected chi connectivity index (χ4v) is 3.72. The van der Waals surface area contributed by atoms with Gasteiger partial charge in [-0.2, -0.15) is 0 Å². The summed E-state index contributed by atoms with van der Waals surface area (Å²) >= 11 is 0. The minimum Gasteiger partial charge on any atom is -0.361 e. The van der Waals surface area contributed by atoms with Crippen molar-refractivity contribution in [2.45, 2.75) is 32.9 Å². The number of nitrogens with zero attached hydrogens (tertiary/aromatic N) is 3. The molecule has 1 unspecified atom stereocenters. The summed E-state index contributed by atoms with van der Waals surface area (Å²) in [5, 5.41) is 9.91. The maximum absolute atomic E-state index is 12.6. The number of para-hydroxylation sites is 1. The highest BCUT2D eigenvalue weighted by molar-refractivity contribution is 6.01. The Bertz CT molecular complexity index is 1090. The van der Waals surface area contributed by atoms with Crippen LogP contribution in [0.1, 0.15) is 45.5 Å². The van der Waals surface area contributed by atoms with E-state index < -0.39 is 6.17 Å². The molecule has 1 atom stereocenters. The summed E-state index contributed by atoms with van der Waals surface area (Å²) in [7, 11) is 1.87. The van der Waals surface area contributed by atoms with Crippen molar-refractivity contribution in [1.29, 1.82) is 0 Å². The second kappa shape index (κ2) is 7.98. The van der Waals surface area contributed by atoms with Crippen molar-refractivity contribution >= 4 is 23.3 Å².